The van der Waals surface area contributed by atoms with Crippen LogP contribution in [0.1, 0.15) is 65.7 Å². The minimum Gasteiger partial charge on any atom is -0.450 e. The molecule has 2 atom stereocenters. The number of likely N-dealkylation sites (tertiary alicyclic amines) is 1. The normalized spacial score (nSPS) is 25.2. The topological polar surface area (TPSA) is 119 Å². The van der Waals surface area contributed by atoms with Crippen molar-refractivity contribution in [3.05, 3.63) is 0 Å². The summed E-state index contributed by atoms with van der Waals surface area (Å²) in [5, 5.41) is 15.9. The van der Waals surface area contributed by atoms with E-state index in [9.17, 15) is 14.9 Å². The van der Waals surface area contributed by atoms with E-state index in [-0.39, 0.29) is 18.4 Å². The van der Waals surface area contributed by atoms with Gasteiger partial charge in [-0.2, -0.15) is 5.26 Å². The molecule has 1 aliphatic carbocycles. The van der Waals surface area contributed by atoms with E-state index in [4.69, 9.17) is 14.5 Å². The van der Waals surface area contributed by atoms with Gasteiger partial charge in [0.25, 0.3) is 0 Å². The van der Waals surface area contributed by atoms with Crippen molar-refractivity contribution in [2.75, 3.05) is 46.0 Å². The van der Waals surface area contributed by atoms with Gasteiger partial charge in [-0.15, -0.1) is 0 Å². The number of rotatable bonds is 7. The van der Waals surface area contributed by atoms with Gasteiger partial charge in [-0.25, -0.2) is 9.79 Å². The van der Waals surface area contributed by atoms with Gasteiger partial charge in [0.05, 0.1) is 25.9 Å². The number of aliphatic imine (C=N–C) groups is 1. The molecule has 35 heavy (non-hydrogen) atoms. The van der Waals surface area contributed by atoms with E-state index >= 15 is 0 Å². The molecule has 2 saturated heterocycles. The lowest BCUT2D eigenvalue weighted by Gasteiger charge is -2.33. The van der Waals surface area contributed by atoms with Crippen LogP contribution < -0.4 is 10.6 Å². The molecule has 3 aliphatic rings. The highest BCUT2D eigenvalue weighted by Crippen LogP contribution is 2.30. The second-order valence-corrected chi connectivity index (χ2v) is 10.2. The van der Waals surface area contributed by atoms with Crippen LogP contribution in [-0.4, -0.2) is 91.4 Å². The molecule has 2 heterocycles. The summed E-state index contributed by atoms with van der Waals surface area (Å²) in [4.78, 5) is 34.7. The van der Waals surface area contributed by atoms with Crippen LogP contribution in [0.25, 0.3) is 0 Å². The summed E-state index contributed by atoms with van der Waals surface area (Å²) >= 11 is 0. The van der Waals surface area contributed by atoms with Crippen molar-refractivity contribution >= 4 is 18.0 Å². The van der Waals surface area contributed by atoms with Crippen LogP contribution in [0.15, 0.2) is 4.99 Å². The predicted octanol–water partition coefficient (Wildman–Crippen LogP) is 2.25. The van der Waals surface area contributed by atoms with Crippen molar-refractivity contribution in [3.63, 3.8) is 0 Å². The largest absolute Gasteiger partial charge is 0.450 e. The third-order valence-electron chi connectivity index (χ3n) is 7.04. The summed E-state index contributed by atoms with van der Waals surface area (Å²) in [7, 11) is 0. The van der Waals surface area contributed by atoms with Crippen molar-refractivity contribution < 1.29 is 19.1 Å². The highest BCUT2D eigenvalue weighted by atomic mass is 16.5. The number of carbonyl (C=O) groups is 2. The Morgan fingerprint density at radius 2 is 1.91 bits per heavy atom. The molecule has 196 valence electrons. The minimum atomic E-state index is -0.910. The van der Waals surface area contributed by atoms with E-state index in [0.717, 1.165) is 19.4 Å². The lowest BCUT2D eigenvalue weighted by molar-refractivity contribution is -0.124. The van der Waals surface area contributed by atoms with Gasteiger partial charge in [0.15, 0.2) is 0 Å². The monoisotopic (exact) mass is 490 g/mol. The maximum Gasteiger partial charge on any atom is 0.413 e. The third-order valence-corrected chi connectivity index (χ3v) is 7.04. The summed E-state index contributed by atoms with van der Waals surface area (Å²) in [6.45, 7) is 9.54. The van der Waals surface area contributed by atoms with Crippen LogP contribution in [0.5, 0.6) is 0 Å². The van der Waals surface area contributed by atoms with E-state index in [2.05, 4.69) is 21.6 Å². The molecule has 0 radical (unpaired) electrons. The average Bonchev–Trinajstić information content (AvgIpc) is 3.28. The highest BCUT2D eigenvalue weighted by Gasteiger charge is 2.43. The first-order chi connectivity index (χ1) is 16.9. The summed E-state index contributed by atoms with van der Waals surface area (Å²) in [6, 6.07) is 2.18. The molecule has 2 aliphatic heterocycles. The van der Waals surface area contributed by atoms with Crippen molar-refractivity contribution in [3.8, 4) is 6.07 Å². The number of alkyl carbamates (subject to hydrolysis) is 1. The second kappa shape index (κ2) is 13.1. The number of nitrogens with zero attached hydrogens (tertiary/aromatic N) is 4. The molecular weight excluding hydrogens is 448 g/mol. The van der Waals surface area contributed by atoms with Gasteiger partial charge < -0.3 is 19.7 Å². The number of nitriles is 1. The molecule has 2 unspecified atom stereocenters. The molecule has 0 aromatic heterocycles. The van der Waals surface area contributed by atoms with Crippen molar-refractivity contribution in [2.45, 2.75) is 83.3 Å². The molecule has 3 fully saturated rings. The Hall–Kier alpha value is -2.38. The summed E-state index contributed by atoms with van der Waals surface area (Å²) in [5.74, 6) is 0.236. The number of nitrogens with one attached hydrogen (secondary N) is 2. The molecule has 3 rings (SSSR count). The third kappa shape index (κ3) is 7.80. The first-order valence-corrected chi connectivity index (χ1v) is 13.2. The summed E-state index contributed by atoms with van der Waals surface area (Å²) < 4.78 is 10.5. The molecular formula is C25H42N6O4. The van der Waals surface area contributed by atoms with E-state index in [1.54, 1.807) is 6.92 Å². The zero-order chi connectivity index (χ0) is 25.3. The summed E-state index contributed by atoms with van der Waals surface area (Å²) in [6.07, 6.45) is 6.58. The summed E-state index contributed by atoms with van der Waals surface area (Å²) in [5.41, 5.74) is -0.910. The molecule has 10 heteroatoms. The van der Waals surface area contributed by atoms with Gasteiger partial charge in [-0.05, 0) is 38.5 Å². The Bertz CT molecular complexity index is 785. The molecule has 0 bridgehead atoms. The average molecular weight is 491 g/mol. The van der Waals surface area contributed by atoms with Crippen molar-refractivity contribution in [2.24, 2.45) is 10.9 Å². The molecule has 1 saturated carbocycles. The molecule has 2 amide bonds. The number of amides is 2. The Labute approximate surface area is 209 Å². The molecule has 2 N–H and O–H groups in total. The maximum absolute atomic E-state index is 13.5. The number of hydrogen-bond donors (Lipinski definition) is 2. The van der Waals surface area contributed by atoms with E-state index < -0.39 is 17.7 Å². The fourth-order valence-electron chi connectivity index (χ4n) is 5.18. The smallest absolute Gasteiger partial charge is 0.413 e. The standard InChI is InChI=1S/C25H42N6O4/c1-4-35-24(33)28-23(30-12-14-34-15-13-30)27-21(16-19(2)3)22(32)29-25(17-26)10-11-31(18-25)20-8-6-5-7-9-20/h19-21H,4-16,18H2,1-3H3,(H,29,32)(H,27,28,33). The number of morpholine rings is 1. The zero-order valence-corrected chi connectivity index (χ0v) is 21.6. The van der Waals surface area contributed by atoms with E-state index in [1.165, 1.54) is 19.3 Å². The highest BCUT2D eigenvalue weighted by molar-refractivity contribution is 5.96. The number of ether oxygens (including phenoxy) is 2. The van der Waals surface area contributed by atoms with Crippen LogP contribution in [-0.2, 0) is 14.3 Å². The van der Waals surface area contributed by atoms with Crippen molar-refractivity contribution in [1.29, 1.82) is 5.26 Å². The molecule has 0 aromatic carbocycles. The van der Waals surface area contributed by atoms with Crippen molar-refractivity contribution in [1.82, 2.24) is 20.4 Å². The van der Waals surface area contributed by atoms with Gasteiger partial charge in [-0.1, -0.05) is 33.1 Å². The number of carbonyl (C=O) groups excluding carboxylic acids is 2. The quantitative estimate of drug-likeness (QED) is 0.415. The SMILES string of the molecule is CCOC(=O)NC(=NC(CC(C)C)C(=O)NC1(C#N)CCN(C2CCCCC2)C1)N1CCOCC1. The Morgan fingerprint density at radius 1 is 1.20 bits per heavy atom. The van der Waals surface area contributed by atoms with Crippen LogP contribution in [0.2, 0.25) is 0 Å². The second-order valence-electron chi connectivity index (χ2n) is 10.2. The van der Waals surface area contributed by atoms with Gasteiger partial charge >= 0.3 is 6.09 Å². The predicted molar refractivity (Wildman–Crippen MR) is 133 cm³/mol. The van der Waals surface area contributed by atoms with Crippen LogP contribution in [0.4, 0.5) is 4.79 Å². The van der Waals surface area contributed by atoms with E-state index in [1.807, 2.05) is 18.7 Å². The molecule has 0 spiro atoms. The Kier molecular flexibility index (Phi) is 10.2. The molecule has 0 aromatic rings. The lowest BCUT2D eigenvalue weighted by atomic mass is 9.94. The van der Waals surface area contributed by atoms with Gasteiger partial charge in [0.2, 0.25) is 11.9 Å². The zero-order valence-electron chi connectivity index (χ0n) is 21.6. The lowest BCUT2D eigenvalue weighted by Crippen LogP contribution is -2.54. The minimum absolute atomic E-state index is 0.198. The number of hydrogen-bond acceptors (Lipinski definition) is 7. The fourth-order valence-corrected chi connectivity index (χ4v) is 5.18. The van der Waals surface area contributed by atoms with Gasteiger partial charge in [-0.3, -0.25) is 15.0 Å². The fraction of sp³-hybridized carbons (Fsp3) is 0.840. The molecule has 10 nitrogen and oxygen atoms in total. The van der Waals surface area contributed by atoms with Gasteiger partial charge in [0.1, 0.15) is 11.6 Å². The van der Waals surface area contributed by atoms with Crippen LogP contribution in [0.3, 0.4) is 0 Å². The Balaban J connectivity index is 1.76. The Morgan fingerprint density at radius 3 is 2.54 bits per heavy atom. The van der Waals surface area contributed by atoms with Gasteiger partial charge in [0, 0.05) is 32.2 Å². The van der Waals surface area contributed by atoms with E-state index in [0.29, 0.717) is 57.7 Å². The first kappa shape index (κ1) is 27.2. The van der Waals surface area contributed by atoms with Crippen LogP contribution >= 0.6 is 0 Å². The number of guanidine groups is 1. The first-order valence-electron chi connectivity index (χ1n) is 13.2. The van der Waals surface area contributed by atoms with Crippen LogP contribution in [0, 0.1) is 17.2 Å². The maximum atomic E-state index is 13.5.